The Bertz CT molecular complexity index is 562. The number of nitrogens with zero attached hydrogens (tertiary/aromatic N) is 2. The molecule has 1 aromatic rings. The summed E-state index contributed by atoms with van der Waals surface area (Å²) in [6.07, 6.45) is 10.4. The summed E-state index contributed by atoms with van der Waals surface area (Å²) >= 11 is 0. The summed E-state index contributed by atoms with van der Waals surface area (Å²) in [6, 6.07) is 4.10. The molecule has 0 saturated carbocycles. The Kier molecular flexibility index (Phi) is 12.0. The fourth-order valence-corrected chi connectivity index (χ4v) is 2.81. The maximum atomic E-state index is 6.03. The van der Waals surface area contributed by atoms with E-state index >= 15 is 0 Å². The average Bonchev–Trinajstić information content (AvgIpc) is 2.63. The quantitative estimate of drug-likeness (QED) is 0.203. The van der Waals surface area contributed by atoms with Crippen molar-refractivity contribution in [2.45, 2.75) is 46.5 Å². The van der Waals surface area contributed by atoms with Gasteiger partial charge in [-0.1, -0.05) is 30.1 Å². The number of ether oxygens (including phenoxy) is 2. The molecule has 0 aromatic heterocycles. The highest BCUT2D eigenvalue weighted by Gasteiger charge is 2.07. The van der Waals surface area contributed by atoms with Crippen LogP contribution in [0.5, 0.6) is 11.5 Å². The summed E-state index contributed by atoms with van der Waals surface area (Å²) in [5.74, 6) is 1.89. The van der Waals surface area contributed by atoms with E-state index in [0.717, 1.165) is 48.7 Å². The molecule has 1 aromatic carbocycles. The summed E-state index contributed by atoms with van der Waals surface area (Å²) in [5.41, 5.74) is 2.26. The first-order chi connectivity index (χ1) is 13.1. The largest absolute Gasteiger partial charge is 0.493 e. The van der Waals surface area contributed by atoms with Crippen LogP contribution in [-0.4, -0.2) is 51.6 Å². The van der Waals surface area contributed by atoms with Crippen molar-refractivity contribution >= 4 is 6.21 Å². The molecule has 152 valence electrons. The summed E-state index contributed by atoms with van der Waals surface area (Å²) in [4.78, 5) is 6.90. The Hall–Kier alpha value is -2.01. The van der Waals surface area contributed by atoms with Gasteiger partial charge in [0.2, 0.25) is 0 Å². The minimum Gasteiger partial charge on any atom is -0.493 e. The van der Waals surface area contributed by atoms with Crippen molar-refractivity contribution < 1.29 is 14.3 Å². The van der Waals surface area contributed by atoms with Crippen LogP contribution in [0.1, 0.15) is 43.7 Å². The van der Waals surface area contributed by atoms with E-state index in [-0.39, 0.29) is 0 Å². The van der Waals surface area contributed by atoms with E-state index in [1.165, 1.54) is 19.3 Å². The van der Waals surface area contributed by atoms with Crippen LogP contribution < -0.4 is 9.47 Å². The first-order valence-corrected chi connectivity index (χ1v) is 9.80. The van der Waals surface area contributed by atoms with E-state index in [1.807, 2.05) is 19.1 Å². The SMILES string of the molecule is C/C=C/COc1cc(C)c(OCCCCCCN(C)C/C=N/OC)c(C)c1. The lowest BCUT2D eigenvalue weighted by atomic mass is 10.1. The van der Waals surface area contributed by atoms with Gasteiger partial charge in [-0.3, -0.25) is 0 Å². The number of hydrogen-bond donors (Lipinski definition) is 0. The Balaban J connectivity index is 2.23. The van der Waals surface area contributed by atoms with Crippen molar-refractivity contribution in [3.63, 3.8) is 0 Å². The van der Waals surface area contributed by atoms with E-state index < -0.39 is 0 Å². The smallest absolute Gasteiger partial charge is 0.125 e. The minimum absolute atomic E-state index is 0.601. The molecule has 0 N–H and O–H groups in total. The van der Waals surface area contributed by atoms with Crippen LogP contribution in [0.2, 0.25) is 0 Å². The zero-order chi connectivity index (χ0) is 19.9. The molecular formula is C22H36N2O3. The standard InChI is InChI=1S/C22H36N2O3/c1-6-7-15-26-21-17-19(2)22(20(3)18-21)27-16-11-9-8-10-13-24(4)14-12-23-25-5/h6-7,12,17-18H,8-11,13-16H2,1-5H3/b7-6+,23-12+. The van der Waals surface area contributed by atoms with Crippen molar-refractivity contribution in [3.05, 3.63) is 35.4 Å². The Morgan fingerprint density at radius 1 is 1.04 bits per heavy atom. The maximum Gasteiger partial charge on any atom is 0.125 e. The number of unbranched alkanes of at least 4 members (excludes halogenated alkanes) is 3. The molecule has 0 bridgehead atoms. The molecule has 0 fully saturated rings. The van der Waals surface area contributed by atoms with Gasteiger partial charge in [0.05, 0.1) is 12.8 Å². The highest BCUT2D eigenvalue weighted by molar-refractivity contribution is 5.58. The zero-order valence-corrected chi connectivity index (χ0v) is 17.7. The predicted octanol–water partition coefficient (Wildman–Crippen LogP) is 4.76. The average molecular weight is 377 g/mol. The van der Waals surface area contributed by atoms with Gasteiger partial charge < -0.3 is 19.2 Å². The van der Waals surface area contributed by atoms with E-state index in [0.29, 0.717) is 6.61 Å². The second-order valence-corrected chi connectivity index (χ2v) is 6.76. The third-order valence-corrected chi connectivity index (χ3v) is 4.27. The van der Waals surface area contributed by atoms with Crippen molar-refractivity contribution in [2.24, 2.45) is 5.16 Å². The molecule has 1 rings (SSSR count). The monoisotopic (exact) mass is 376 g/mol. The molecule has 0 saturated heterocycles. The molecule has 0 amide bonds. The van der Waals surface area contributed by atoms with Crippen LogP contribution in [-0.2, 0) is 4.84 Å². The van der Waals surface area contributed by atoms with E-state index in [1.54, 1.807) is 13.3 Å². The van der Waals surface area contributed by atoms with Gasteiger partial charge in [0.15, 0.2) is 0 Å². The topological polar surface area (TPSA) is 43.3 Å². The van der Waals surface area contributed by atoms with Crippen LogP contribution >= 0.6 is 0 Å². The van der Waals surface area contributed by atoms with Crippen LogP contribution in [0.15, 0.2) is 29.4 Å². The first-order valence-electron chi connectivity index (χ1n) is 9.80. The van der Waals surface area contributed by atoms with E-state index in [2.05, 4.69) is 47.9 Å². The first kappa shape index (κ1) is 23.0. The lowest BCUT2D eigenvalue weighted by Crippen LogP contribution is -2.21. The highest BCUT2D eigenvalue weighted by atomic mass is 16.6. The highest BCUT2D eigenvalue weighted by Crippen LogP contribution is 2.28. The molecule has 0 heterocycles. The van der Waals surface area contributed by atoms with Gasteiger partial charge in [-0.2, -0.15) is 0 Å². The lowest BCUT2D eigenvalue weighted by molar-refractivity contribution is 0.213. The predicted molar refractivity (Wildman–Crippen MR) is 113 cm³/mol. The fourth-order valence-electron chi connectivity index (χ4n) is 2.81. The molecule has 5 heteroatoms. The lowest BCUT2D eigenvalue weighted by Gasteiger charge is -2.15. The third kappa shape index (κ3) is 10.0. The number of hydrogen-bond acceptors (Lipinski definition) is 5. The van der Waals surface area contributed by atoms with E-state index in [9.17, 15) is 0 Å². The summed E-state index contributed by atoms with van der Waals surface area (Å²) < 4.78 is 11.8. The van der Waals surface area contributed by atoms with Crippen LogP contribution in [0.4, 0.5) is 0 Å². The second-order valence-electron chi connectivity index (χ2n) is 6.76. The summed E-state index contributed by atoms with van der Waals surface area (Å²) in [7, 11) is 3.66. The number of allylic oxidation sites excluding steroid dienone is 1. The van der Waals surface area contributed by atoms with E-state index in [4.69, 9.17) is 9.47 Å². The van der Waals surface area contributed by atoms with Gasteiger partial charge in [-0.25, -0.2) is 0 Å². The minimum atomic E-state index is 0.601. The molecule has 0 unspecified atom stereocenters. The van der Waals surface area contributed by atoms with Crippen molar-refractivity contribution in [2.75, 3.05) is 40.5 Å². The van der Waals surface area contributed by atoms with Crippen LogP contribution in [0.3, 0.4) is 0 Å². The van der Waals surface area contributed by atoms with Crippen molar-refractivity contribution in [1.82, 2.24) is 4.90 Å². The maximum absolute atomic E-state index is 6.03. The molecule has 0 radical (unpaired) electrons. The van der Waals surface area contributed by atoms with Crippen LogP contribution in [0, 0.1) is 13.8 Å². The summed E-state index contributed by atoms with van der Waals surface area (Å²) in [6.45, 7) is 9.41. The molecule has 0 aliphatic rings. The molecule has 5 nitrogen and oxygen atoms in total. The molecule has 27 heavy (non-hydrogen) atoms. The van der Waals surface area contributed by atoms with Crippen molar-refractivity contribution in [1.29, 1.82) is 0 Å². The van der Waals surface area contributed by atoms with Gasteiger partial charge in [-0.15, -0.1) is 0 Å². The normalized spacial score (nSPS) is 11.6. The Morgan fingerprint density at radius 3 is 2.41 bits per heavy atom. The van der Waals surface area contributed by atoms with Gasteiger partial charge >= 0.3 is 0 Å². The van der Waals surface area contributed by atoms with Crippen LogP contribution in [0.25, 0.3) is 0 Å². The van der Waals surface area contributed by atoms with Gasteiger partial charge in [0.25, 0.3) is 0 Å². The Morgan fingerprint density at radius 2 is 1.74 bits per heavy atom. The molecule has 0 aliphatic heterocycles. The molecule has 0 atom stereocenters. The zero-order valence-electron chi connectivity index (χ0n) is 17.7. The Labute approximate surface area is 165 Å². The number of aryl methyl sites for hydroxylation is 2. The number of rotatable bonds is 14. The number of oxime groups is 1. The third-order valence-electron chi connectivity index (χ3n) is 4.27. The molecule has 0 aliphatic carbocycles. The van der Waals surface area contributed by atoms with Gasteiger partial charge in [0.1, 0.15) is 25.2 Å². The van der Waals surface area contributed by atoms with Gasteiger partial charge in [-0.05, 0) is 70.5 Å². The molecular weight excluding hydrogens is 340 g/mol. The van der Waals surface area contributed by atoms with Crippen molar-refractivity contribution in [3.8, 4) is 11.5 Å². The summed E-state index contributed by atoms with van der Waals surface area (Å²) in [5, 5.41) is 3.75. The second kappa shape index (κ2) is 14.1. The van der Waals surface area contributed by atoms with Gasteiger partial charge in [0, 0.05) is 6.54 Å². The number of benzene rings is 1. The fraction of sp³-hybridized carbons (Fsp3) is 0.591. The molecule has 0 spiro atoms.